The summed E-state index contributed by atoms with van der Waals surface area (Å²) >= 11 is 5.89. The van der Waals surface area contributed by atoms with Gasteiger partial charge in [0, 0.05) is 25.2 Å². The van der Waals surface area contributed by atoms with Crippen LogP contribution in [0.2, 0.25) is 5.02 Å². The number of halogens is 1. The summed E-state index contributed by atoms with van der Waals surface area (Å²) in [5, 5.41) is 18.2. The lowest BCUT2D eigenvalue weighted by Gasteiger charge is -2.07. The summed E-state index contributed by atoms with van der Waals surface area (Å²) in [5.41, 5.74) is 1.52. The lowest BCUT2D eigenvalue weighted by Crippen LogP contribution is -2.15. The predicted octanol–water partition coefficient (Wildman–Crippen LogP) is 3.09. The Kier molecular flexibility index (Phi) is 4.77. The van der Waals surface area contributed by atoms with Gasteiger partial charge in [-0.3, -0.25) is 19.6 Å². The molecule has 1 heterocycles. The summed E-state index contributed by atoms with van der Waals surface area (Å²) in [6.45, 7) is 3.87. The first kappa shape index (κ1) is 16.0. The highest BCUT2D eigenvalue weighted by Gasteiger charge is 2.16. The molecule has 1 amide bonds. The lowest BCUT2D eigenvalue weighted by molar-refractivity contribution is -0.384. The van der Waals surface area contributed by atoms with Crippen molar-refractivity contribution in [1.29, 1.82) is 0 Å². The van der Waals surface area contributed by atoms with Crippen LogP contribution in [-0.4, -0.2) is 20.6 Å². The Labute approximate surface area is 132 Å². The predicted molar refractivity (Wildman–Crippen MR) is 83.1 cm³/mol. The third-order valence-corrected chi connectivity index (χ3v) is 3.45. The number of benzene rings is 1. The molecule has 0 aliphatic heterocycles. The number of hydrogen-bond donors (Lipinski definition) is 1. The third kappa shape index (κ3) is 3.82. The average molecular weight is 323 g/mol. The van der Waals surface area contributed by atoms with Gasteiger partial charge in [0.05, 0.1) is 15.6 Å². The third-order valence-electron chi connectivity index (χ3n) is 3.08. The van der Waals surface area contributed by atoms with Gasteiger partial charge in [0.25, 0.3) is 5.69 Å². The Morgan fingerprint density at radius 1 is 1.45 bits per heavy atom. The van der Waals surface area contributed by atoms with Gasteiger partial charge in [0.1, 0.15) is 5.69 Å². The molecule has 0 bridgehead atoms. The van der Waals surface area contributed by atoms with Crippen molar-refractivity contribution in [3.05, 3.63) is 50.8 Å². The van der Waals surface area contributed by atoms with Gasteiger partial charge in [-0.25, -0.2) is 0 Å². The van der Waals surface area contributed by atoms with Crippen LogP contribution >= 0.6 is 11.6 Å². The number of aryl methyl sites for hydroxylation is 3. The second kappa shape index (κ2) is 6.57. The van der Waals surface area contributed by atoms with E-state index in [2.05, 4.69) is 10.4 Å². The minimum Gasteiger partial charge on any atom is -0.320 e. The van der Waals surface area contributed by atoms with Crippen molar-refractivity contribution in [2.24, 2.45) is 0 Å². The highest BCUT2D eigenvalue weighted by Crippen LogP contribution is 2.25. The van der Waals surface area contributed by atoms with Crippen LogP contribution in [0, 0.1) is 24.0 Å². The average Bonchev–Trinajstić information content (AvgIpc) is 2.77. The van der Waals surface area contributed by atoms with Crippen LogP contribution in [-0.2, 0) is 11.3 Å². The monoisotopic (exact) mass is 322 g/mol. The zero-order chi connectivity index (χ0) is 16.3. The zero-order valence-electron chi connectivity index (χ0n) is 12.2. The van der Waals surface area contributed by atoms with Crippen molar-refractivity contribution in [2.45, 2.75) is 26.8 Å². The molecule has 0 aliphatic carbocycles. The first-order valence-electron chi connectivity index (χ1n) is 6.61. The smallest absolute Gasteiger partial charge is 0.293 e. The summed E-state index contributed by atoms with van der Waals surface area (Å²) in [6.07, 6.45) is 1.78. The number of anilines is 1. The Hall–Kier alpha value is -2.41. The van der Waals surface area contributed by atoms with Gasteiger partial charge in [0.2, 0.25) is 5.91 Å². The van der Waals surface area contributed by atoms with E-state index in [1.807, 2.05) is 0 Å². The number of carbonyl (C=O) groups is 1. The molecule has 0 fully saturated rings. The molecule has 0 saturated carbocycles. The number of rotatable bonds is 5. The minimum absolute atomic E-state index is 0.119. The van der Waals surface area contributed by atoms with Gasteiger partial charge in [-0.05, 0) is 25.5 Å². The molecule has 0 unspecified atom stereocenters. The number of carbonyl (C=O) groups excluding carboxylic acids is 1. The first-order chi connectivity index (χ1) is 10.4. The summed E-state index contributed by atoms with van der Waals surface area (Å²) in [5.74, 6) is -0.323. The van der Waals surface area contributed by atoms with Crippen LogP contribution in [0.25, 0.3) is 0 Å². The molecule has 1 N–H and O–H groups in total. The van der Waals surface area contributed by atoms with E-state index in [4.69, 9.17) is 11.6 Å². The lowest BCUT2D eigenvalue weighted by atomic mass is 10.2. The fourth-order valence-electron chi connectivity index (χ4n) is 1.94. The molecule has 1 aromatic heterocycles. The van der Waals surface area contributed by atoms with E-state index in [1.54, 1.807) is 30.8 Å². The Morgan fingerprint density at radius 2 is 2.18 bits per heavy atom. The van der Waals surface area contributed by atoms with E-state index in [9.17, 15) is 14.9 Å². The van der Waals surface area contributed by atoms with Gasteiger partial charge in [0.15, 0.2) is 0 Å². The fourth-order valence-corrected chi connectivity index (χ4v) is 2.09. The van der Waals surface area contributed by atoms with E-state index >= 15 is 0 Å². The molecule has 0 atom stereocenters. The van der Waals surface area contributed by atoms with Gasteiger partial charge in [-0.1, -0.05) is 17.7 Å². The SMILES string of the molecule is Cc1ccc(NC(=O)CCn2cc(Cl)c(C)n2)c([N+](=O)[O-])c1. The maximum atomic E-state index is 11.9. The van der Waals surface area contributed by atoms with E-state index in [0.717, 1.165) is 5.56 Å². The first-order valence-corrected chi connectivity index (χ1v) is 6.99. The number of hydrogen-bond acceptors (Lipinski definition) is 4. The summed E-state index contributed by atoms with van der Waals surface area (Å²) in [6, 6.07) is 4.66. The minimum atomic E-state index is -0.515. The van der Waals surface area contributed by atoms with Crippen molar-refractivity contribution in [2.75, 3.05) is 5.32 Å². The van der Waals surface area contributed by atoms with Crippen molar-refractivity contribution < 1.29 is 9.72 Å². The van der Waals surface area contributed by atoms with E-state index in [-0.39, 0.29) is 23.7 Å². The standard InChI is InChI=1S/C14H15ClN4O3/c1-9-3-4-12(13(7-9)19(21)22)16-14(20)5-6-18-8-11(15)10(2)17-18/h3-4,7-8H,5-6H2,1-2H3,(H,16,20). The molecule has 7 nitrogen and oxygen atoms in total. The van der Waals surface area contributed by atoms with E-state index in [0.29, 0.717) is 17.3 Å². The Bertz CT molecular complexity index is 707. The molecule has 22 heavy (non-hydrogen) atoms. The molecule has 0 radical (unpaired) electrons. The van der Waals surface area contributed by atoms with E-state index in [1.165, 1.54) is 12.1 Å². The molecule has 0 spiro atoms. The molecule has 0 saturated heterocycles. The highest BCUT2D eigenvalue weighted by atomic mass is 35.5. The molecule has 0 aliphatic rings. The number of nitrogens with one attached hydrogen (secondary N) is 1. The summed E-state index contributed by atoms with van der Waals surface area (Å²) in [4.78, 5) is 22.4. The van der Waals surface area contributed by atoms with Gasteiger partial charge in [-0.15, -0.1) is 0 Å². The number of aromatic nitrogens is 2. The summed E-state index contributed by atoms with van der Waals surface area (Å²) < 4.78 is 1.57. The van der Waals surface area contributed by atoms with Crippen LogP contribution in [0.4, 0.5) is 11.4 Å². The van der Waals surface area contributed by atoms with Crippen molar-refractivity contribution in [1.82, 2.24) is 9.78 Å². The van der Waals surface area contributed by atoms with Crippen LogP contribution in [0.5, 0.6) is 0 Å². The maximum absolute atomic E-state index is 11.9. The van der Waals surface area contributed by atoms with Crippen LogP contribution in [0.3, 0.4) is 0 Å². The van der Waals surface area contributed by atoms with Crippen LogP contribution < -0.4 is 5.32 Å². The topological polar surface area (TPSA) is 90.1 Å². The number of nitro groups is 1. The fraction of sp³-hybridized carbons (Fsp3) is 0.286. The van der Waals surface area contributed by atoms with Crippen molar-refractivity contribution in [3.63, 3.8) is 0 Å². The van der Waals surface area contributed by atoms with Crippen LogP contribution in [0.1, 0.15) is 17.7 Å². The molecular weight excluding hydrogens is 308 g/mol. The van der Waals surface area contributed by atoms with E-state index < -0.39 is 4.92 Å². The Balaban J connectivity index is 2.01. The summed E-state index contributed by atoms with van der Waals surface area (Å²) in [7, 11) is 0. The largest absolute Gasteiger partial charge is 0.320 e. The molecule has 1 aromatic carbocycles. The molecule has 8 heteroatoms. The quantitative estimate of drug-likeness (QED) is 0.676. The highest BCUT2D eigenvalue weighted by molar-refractivity contribution is 6.31. The number of nitro benzene ring substituents is 1. The molecule has 2 aromatic rings. The number of amides is 1. The Morgan fingerprint density at radius 3 is 2.77 bits per heavy atom. The second-order valence-corrected chi connectivity index (χ2v) is 5.31. The van der Waals surface area contributed by atoms with Crippen molar-refractivity contribution in [3.8, 4) is 0 Å². The van der Waals surface area contributed by atoms with Gasteiger partial charge >= 0.3 is 0 Å². The molecule has 116 valence electrons. The molecular formula is C14H15ClN4O3. The number of nitrogens with zero attached hydrogens (tertiary/aromatic N) is 3. The zero-order valence-corrected chi connectivity index (χ0v) is 12.9. The van der Waals surface area contributed by atoms with Crippen LogP contribution in [0.15, 0.2) is 24.4 Å². The molecule has 2 rings (SSSR count). The van der Waals surface area contributed by atoms with Crippen molar-refractivity contribution >= 4 is 28.9 Å². The maximum Gasteiger partial charge on any atom is 0.293 e. The van der Waals surface area contributed by atoms with Gasteiger partial charge in [-0.2, -0.15) is 5.10 Å². The second-order valence-electron chi connectivity index (χ2n) is 4.90. The normalized spacial score (nSPS) is 10.5. The van der Waals surface area contributed by atoms with Gasteiger partial charge < -0.3 is 5.32 Å².